The molecule has 1 amide bonds. The highest BCUT2D eigenvalue weighted by Crippen LogP contribution is 2.26. The number of furan rings is 1. The second-order valence-electron chi connectivity index (χ2n) is 4.88. The number of hydrogen-bond acceptors (Lipinski definition) is 4. The molecule has 1 N–H and O–H groups in total. The highest BCUT2D eigenvalue weighted by atomic mass is 79.9. The van der Waals surface area contributed by atoms with Crippen molar-refractivity contribution >= 4 is 28.1 Å². The first-order valence-electron chi connectivity index (χ1n) is 7.45. The summed E-state index contributed by atoms with van der Waals surface area (Å²) < 4.78 is 11.7. The number of nitrogens with one attached hydrogen (secondary N) is 1. The van der Waals surface area contributed by atoms with Crippen LogP contribution in [0.5, 0.6) is 5.75 Å². The zero-order chi connectivity index (χ0) is 16.5. The summed E-state index contributed by atoms with van der Waals surface area (Å²) in [6.45, 7) is 2.58. The maximum atomic E-state index is 11.6. The van der Waals surface area contributed by atoms with Crippen molar-refractivity contribution < 1.29 is 13.9 Å². The fraction of sp³-hybridized carbons (Fsp3) is 0.294. The summed E-state index contributed by atoms with van der Waals surface area (Å²) in [5, 5.41) is 3.82. The molecule has 0 saturated heterocycles. The normalized spacial score (nSPS) is 10.9. The van der Waals surface area contributed by atoms with E-state index in [9.17, 15) is 4.79 Å². The largest absolute Gasteiger partial charge is 0.492 e. The van der Waals surface area contributed by atoms with Crippen LogP contribution in [0.4, 0.5) is 0 Å². The van der Waals surface area contributed by atoms with Crippen molar-refractivity contribution in [2.45, 2.75) is 26.2 Å². The molecule has 0 aliphatic heterocycles. The third-order valence-electron chi connectivity index (χ3n) is 3.13. The number of hydrazone groups is 1. The molecular weight excluding hydrogens is 360 g/mol. The molecule has 0 radical (unpaired) electrons. The minimum absolute atomic E-state index is 0.156. The number of carbonyl (C=O) groups excluding carboxylic acids is 1. The van der Waals surface area contributed by atoms with E-state index in [1.54, 1.807) is 18.4 Å². The summed E-state index contributed by atoms with van der Waals surface area (Å²) in [5.41, 5.74) is 3.70. The lowest BCUT2D eigenvalue weighted by Gasteiger charge is -2.09. The Morgan fingerprint density at radius 1 is 1.43 bits per heavy atom. The van der Waals surface area contributed by atoms with Crippen LogP contribution in [0, 0.1) is 0 Å². The third kappa shape index (κ3) is 5.90. The van der Waals surface area contributed by atoms with Crippen molar-refractivity contribution in [1.82, 2.24) is 5.43 Å². The number of hydrogen-bond donors (Lipinski definition) is 1. The summed E-state index contributed by atoms with van der Waals surface area (Å²) in [7, 11) is 0. The van der Waals surface area contributed by atoms with Crippen LogP contribution in [0.3, 0.4) is 0 Å². The van der Waals surface area contributed by atoms with Crippen molar-refractivity contribution in [2.24, 2.45) is 5.10 Å². The fourth-order valence-electron chi connectivity index (χ4n) is 1.88. The van der Waals surface area contributed by atoms with Crippen LogP contribution in [0.25, 0.3) is 0 Å². The van der Waals surface area contributed by atoms with Crippen molar-refractivity contribution in [3.05, 3.63) is 52.4 Å². The van der Waals surface area contributed by atoms with E-state index in [-0.39, 0.29) is 5.91 Å². The summed E-state index contributed by atoms with van der Waals surface area (Å²) in [4.78, 5) is 11.6. The number of halogens is 1. The summed E-state index contributed by atoms with van der Waals surface area (Å²) in [5.74, 6) is 1.23. The summed E-state index contributed by atoms with van der Waals surface area (Å²) >= 11 is 3.49. The van der Waals surface area contributed by atoms with E-state index in [0.29, 0.717) is 25.2 Å². The van der Waals surface area contributed by atoms with Crippen molar-refractivity contribution in [2.75, 3.05) is 6.61 Å². The Balaban J connectivity index is 1.66. The Morgan fingerprint density at radius 3 is 3.00 bits per heavy atom. The number of aryl methyl sites for hydroxylation is 1. The van der Waals surface area contributed by atoms with Crippen LogP contribution >= 0.6 is 15.9 Å². The zero-order valence-electron chi connectivity index (χ0n) is 12.9. The number of ether oxygens (including phenoxy) is 1. The van der Waals surface area contributed by atoms with Gasteiger partial charge in [0.05, 0.1) is 23.6 Å². The lowest BCUT2D eigenvalue weighted by Crippen LogP contribution is -2.18. The minimum Gasteiger partial charge on any atom is -0.492 e. The smallest absolute Gasteiger partial charge is 0.240 e. The molecule has 5 nitrogen and oxygen atoms in total. The van der Waals surface area contributed by atoms with Crippen LogP contribution < -0.4 is 10.2 Å². The molecule has 0 atom stereocenters. The molecule has 0 aliphatic carbocycles. The number of rotatable bonds is 8. The highest BCUT2D eigenvalue weighted by Gasteiger charge is 2.04. The van der Waals surface area contributed by atoms with E-state index in [1.807, 2.05) is 18.2 Å². The van der Waals surface area contributed by atoms with Gasteiger partial charge in [0.25, 0.3) is 0 Å². The lowest BCUT2D eigenvalue weighted by atomic mass is 10.2. The predicted molar refractivity (Wildman–Crippen MR) is 92.7 cm³/mol. The molecule has 2 aromatic rings. The first-order chi connectivity index (χ1) is 11.2. The van der Waals surface area contributed by atoms with Gasteiger partial charge in [0, 0.05) is 6.42 Å². The van der Waals surface area contributed by atoms with Crippen molar-refractivity contribution in [1.29, 1.82) is 0 Å². The molecule has 1 heterocycles. The summed E-state index contributed by atoms with van der Waals surface area (Å²) in [6, 6.07) is 9.54. The summed E-state index contributed by atoms with van der Waals surface area (Å²) in [6.07, 6.45) is 4.95. The van der Waals surface area contributed by atoms with Crippen LogP contribution in [0.15, 0.2) is 50.6 Å². The first kappa shape index (κ1) is 17.3. The number of amides is 1. The molecule has 0 unspecified atom stereocenters. The van der Waals surface area contributed by atoms with Gasteiger partial charge in [-0.25, -0.2) is 5.43 Å². The average molecular weight is 379 g/mol. The Labute approximate surface area is 143 Å². The Morgan fingerprint density at radius 2 is 2.30 bits per heavy atom. The van der Waals surface area contributed by atoms with E-state index in [0.717, 1.165) is 16.6 Å². The number of carbonyl (C=O) groups is 1. The molecule has 122 valence electrons. The molecule has 0 saturated carbocycles. The highest BCUT2D eigenvalue weighted by molar-refractivity contribution is 9.10. The molecule has 23 heavy (non-hydrogen) atoms. The Kier molecular flexibility index (Phi) is 6.87. The molecule has 2 rings (SSSR count). The maximum absolute atomic E-state index is 11.6. The molecule has 0 bridgehead atoms. The molecule has 0 fully saturated rings. The monoisotopic (exact) mass is 378 g/mol. The van der Waals surface area contributed by atoms with Gasteiger partial charge in [-0.2, -0.15) is 5.10 Å². The van der Waals surface area contributed by atoms with Gasteiger partial charge < -0.3 is 9.15 Å². The van der Waals surface area contributed by atoms with Gasteiger partial charge in [0.2, 0.25) is 5.91 Å². The van der Waals surface area contributed by atoms with Crippen molar-refractivity contribution in [3.8, 4) is 5.75 Å². The van der Waals surface area contributed by atoms with Crippen LogP contribution in [-0.2, 0) is 11.2 Å². The van der Waals surface area contributed by atoms with E-state index >= 15 is 0 Å². The van der Waals surface area contributed by atoms with Crippen LogP contribution in [0.1, 0.15) is 31.1 Å². The molecule has 1 aromatic heterocycles. The second kappa shape index (κ2) is 9.15. The van der Waals surface area contributed by atoms with Gasteiger partial charge in [0.1, 0.15) is 11.5 Å². The Bertz CT molecular complexity index is 654. The van der Waals surface area contributed by atoms with Crippen molar-refractivity contribution in [3.63, 3.8) is 0 Å². The number of nitrogens with zero attached hydrogens (tertiary/aromatic N) is 1. The molecule has 1 aromatic carbocycles. The van der Waals surface area contributed by atoms with Gasteiger partial charge in [-0.15, -0.1) is 0 Å². The average Bonchev–Trinajstić information content (AvgIpc) is 3.06. The molecule has 0 spiro atoms. The fourth-order valence-corrected chi connectivity index (χ4v) is 2.43. The third-order valence-corrected chi connectivity index (χ3v) is 3.75. The van der Waals surface area contributed by atoms with Crippen LogP contribution in [0.2, 0.25) is 0 Å². The number of benzene rings is 1. The standard InChI is InChI=1S/C17H19BrN2O3/c1-2-13-7-8-16(15(18)11-13)23-10-4-6-17(21)20-19-12-14-5-3-9-22-14/h3,5,7-9,11-12H,2,4,6,10H2,1H3,(H,20,21)/b19-12+. The quantitative estimate of drug-likeness (QED) is 0.430. The minimum atomic E-state index is -0.156. The van der Waals surface area contributed by atoms with E-state index in [4.69, 9.17) is 9.15 Å². The zero-order valence-corrected chi connectivity index (χ0v) is 14.5. The molecule has 0 aliphatic rings. The van der Waals surface area contributed by atoms with E-state index in [2.05, 4.69) is 33.4 Å². The predicted octanol–water partition coefficient (Wildman–Crippen LogP) is 3.91. The SMILES string of the molecule is CCc1ccc(OCCCC(=O)N/N=C/c2ccco2)c(Br)c1. The van der Waals surface area contributed by atoms with E-state index in [1.165, 1.54) is 11.8 Å². The Hall–Kier alpha value is -2.08. The maximum Gasteiger partial charge on any atom is 0.240 e. The molecule has 6 heteroatoms. The van der Waals surface area contributed by atoms with Gasteiger partial charge in [-0.05, 0) is 58.6 Å². The topological polar surface area (TPSA) is 63.8 Å². The van der Waals surface area contributed by atoms with Gasteiger partial charge in [-0.1, -0.05) is 13.0 Å². The van der Waals surface area contributed by atoms with Gasteiger partial charge in [-0.3, -0.25) is 4.79 Å². The van der Waals surface area contributed by atoms with Crippen LogP contribution in [-0.4, -0.2) is 18.7 Å². The first-order valence-corrected chi connectivity index (χ1v) is 8.25. The van der Waals surface area contributed by atoms with Gasteiger partial charge >= 0.3 is 0 Å². The molecular formula is C17H19BrN2O3. The second-order valence-corrected chi connectivity index (χ2v) is 5.73. The van der Waals surface area contributed by atoms with E-state index < -0.39 is 0 Å². The van der Waals surface area contributed by atoms with Gasteiger partial charge in [0.15, 0.2) is 0 Å². The lowest BCUT2D eigenvalue weighted by molar-refractivity contribution is -0.121.